The van der Waals surface area contributed by atoms with Crippen LogP contribution in [0.25, 0.3) is 0 Å². The molecule has 4 heteroatoms. The number of aromatic nitrogens is 2. The molecule has 2 aromatic rings. The number of unbranched alkanes of at least 4 members (excludes halogenated alkanes) is 1. The number of ether oxygens (including phenoxy) is 1. The van der Waals surface area contributed by atoms with E-state index in [1.54, 1.807) is 4.68 Å². The second-order valence-electron chi connectivity index (χ2n) is 5.10. The van der Waals surface area contributed by atoms with E-state index in [-0.39, 0.29) is 6.04 Å². The molecule has 0 amide bonds. The van der Waals surface area contributed by atoms with Crippen LogP contribution in [0.3, 0.4) is 0 Å². The SMILES string of the molecule is CCCCOc1ccc(C(N)Cc2cnn(C)c2)cc1. The van der Waals surface area contributed by atoms with Gasteiger partial charge in [-0.05, 0) is 36.1 Å². The number of hydrogen-bond acceptors (Lipinski definition) is 3. The Kier molecular flexibility index (Phi) is 5.18. The van der Waals surface area contributed by atoms with E-state index in [1.165, 1.54) is 0 Å². The number of benzene rings is 1. The number of nitrogens with zero attached hydrogens (tertiary/aromatic N) is 2. The third-order valence-electron chi connectivity index (χ3n) is 3.29. The molecule has 4 nitrogen and oxygen atoms in total. The van der Waals surface area contributed by atoms with Crippen molar-refractivity contribution in [3.8, 4) is 5.75 Å². The average molecular weight is 273 g/mol. The maximum absolute atomic E-state index is 6.23. The van der Waals surface area contributed by atoms with Gasteiger partial charge in [-0.15, -0.1) is 0 Å². The molecule has 0 aliphatic rings. The Labute approximate surface area is 120 Å². The molecule has 1 atom stereocenters. The van der Waals surface area contributed by atoms with Crippen molar-refractivity contribution >= 4 is 0 Å². The molecule has 0 fully saturated rings. The molecule has 1 heterocycles. The van der Waals surface area contributed by atoms with Crippen LogP contribution in [0.1, 0.15) is 36.9 Å². The first kappa shape index (κ1) is 14.6. The van der Waals surface area contributed by atoms with E-state index in [1.807, 2.05) is 43.7 Å². The summed E-state index contributed by atoms with van der Waals surface area (Å²) in [6.07, 6.45) is 6.89. The van der Waals surface area contributed by atoms with Gasteiger partial charge in [0, 0.05) is 19.3 Å². The third-order valence-corrected chi connectivity index (χ3v) is 3.29. The van der Waals surface area contributed by atoms with Gasteiger partial charge in [-0.2, -0.15) is 5.10 Å². The molecule has 0 aliphatic carbocycles. The van der Waals surface area contributed by atoms with Crippen LogP contribution in [0.5, 0.6) is 5.75 Å². The lowest BCUT2D eigenvalue weighted by molar-refractivity contribution is 0.309. The highest BCUT2D eigenvalue weighted by atomic mass is 16.5. The third kappa shape index (κ3) is 4.10. The van der Waals surface area contributed by atoms with E-state index >= 15 is 0 Å². The summed E-state index contributed by atoms with van der Waals surface area (Å²) in [5.41, 5.74) is 8.51. The van der Waals surface area contributed by atoms with E-state index in [2.05, 4.69) is 12.0 Å². The maximum atomic E-state index is 6.23. The van der Waals surface area contributed by atoms with Crippen LogP contribution in [-0.4, -0.2) is 16.4 Å². The van der Waals surface area contributed by atoms with Crippen molar-refractivity contribution in [3.05, 3.63) is 47.8 Å². The van der Waals surface area contributed by atoms with Crippen LogP contribution >= 0.6 is 0 Å². The zero-order valence-electron chi connectivity index (χ0n) is 12.2. The van der Waals surface area contributed by atoms with Gasteiger partial charge >= 0.3 is 0 Å². The molecule has 0 bridgehead atoms. The fourth-order valence-electron chi connectivity index (χ4n) is 2.09. The largest absolute Gasteiger partial charge is 0.494 e. The van der Waals surface area contributed by atoms with Crippen LogP contribution in [0.15, 0.2) is 36.7 Å². The van der Waals surface area contributed by atoms with Crippen molar-refractivity contribution < 1.29 is 4.74 Å². The first-order valence-electron chi connectivity index (χ1n) is 7.15. The monoisotopic (exact) mass is 273 g/mol. The van der Waals surface area contributed by atoms with E-state index in [9.17, 15) is 0 Å². The minimum Gasteiger partial charge on any atom is -0.494 e. The number of rotatable bonds is 7. The first-order valence-corrected chi connectivity index (χ1v) is 7.15. The summed E-state index contributed by atoms with van der Waals surface area (Å²) in [6.45, 7) is 2.93. The van der Waals surface area contributed by atoms with Gasteiger partial charge < -0.3 is 10.5 Å². The van der Waals surface area contributed by atoms with E-state index in [0.29, 0.717) is 0 Å². The van der Waals surface area contributed by atoms with Crippen molar-refractivity contribution in [2.24, 2.45) is 12.8 Å². The maximum Gasteiger partial charge on any atom is 0.119 e. The smallest absolute Gasteiger partial charge is 0.119 e. The lowest BCUT2D eigenvalue weighted by Crippen LogP contribution is -2.13. The Morgan fingerprint density at radius 3 is 2.65 bits per heavy atom. The molecule has 108 valence electrons. The molecule has 0 spiro atoms. The average Bonchev–Trinajstić information content (AvgIpc) is 2.85. The van der Waals surface area contributed by atoms with Crippen LogP contribution in [0.2, 0.25) is 0 Å². The van der Waals surface area contributed by atoms with E-state index < -0.39 is 0 Å². The highest BCUT2D eigenvalue weighted by Crippen LogP contribution is 2.19. The molecule has 0 radical (unpaired) electrons. The molecule has 1 aromatic heterocycles. The zero-order chi connectivity index (χ0) is 14.4. The Morgan fingerprint density at radius 2 is 2.05 bits per heavy atom. The first-order chi connectivity index (χ1) is 9.69. The predicted octanol–water partition coefficient (Wildman–Crippen LogP) is 2.84. The molecule has 1 unspecified atom stereocenters. The Bertz CT molecular complexity index is 519. The highest BCUT2D eigenvalue weighted by Gasteiger charge is 2.08. The van der Waals surface area contributed by atoms with Crippen molar-refractivity contribution in [3.63, 3.8) is 0 Å². The summed E-state index contributed by atoms with van der Waals surface area (Å²) in [6, 6.07) is 8.07. The van der Waals surface area contributed by atoms with Crippen LogP contribution in [0.4, 0.5) is 0 Å². The molecular weight excluding hydrogens is 250 g/mol. The fraction of sp³-hybridized carbons (Fsp3) is 0.438. The topological polar surface area (TPSA) is 53.1 Å². The van der Waals surface area contributed by atoms with E-state index in [0.717, 1.165) is 42.7 Å². The Morgan fingerprint density at radius 1 is 1.30 bits per heavy atom. The summed E-state index contributed by atoms with van der Waals surface area (Å²) in [5.74, 6) is 0.913. The van der Waals surface area contributed by atoms with E-state index in [4.69, 9.17) is 10.5 Å². The van der Waals surface area contributed by atoms with Crippen LogP contribution < -0.4 is 10.5 Å². The van der Waals surface area contributed by atoms with Gasteiger partial charge in [0.2, 0.25) is 0 Å². The van der Waals surface area contributed by atoms with Gasteiger partial charge in [0.1, 0.15) is 5.75 Å². The minimum atomic E-state index is -0.0103. The lowest BCUT2D eigenvalue weighted by Gasteiger charge is -2.12. The van der Waals surface area contributed by atoms with Gasteiger partial charge in [-0.1, -0.05) is 25.5 Å². The van der Waals surface area contributed by atoms with Crippen molar-refractivity contribution in [1.29, 1.82) is 0 Å². The second kappa shape index (κ2) is 7.10. The highest BCUT2D eigenvalue weighted by molar-refractivity contribution is 5.29. The molecule has 0 saturated heterocycles. The lowest BCUT2D eigenvalue weighted by atomic mass is 10.0. The molecule has 1 aromatic carbocycles. The molecular formula is C16H23N3O. The number of hydrogen-bond donors (Lipinski definition) is 1. The van der Waals surface area contributed by atoms with Crippen LogP contribution in [-0.2, 0) is 13.5 Å². The quantitative estimate of drug-likeness (QED) is 0.789. The normalized spacial score (nSPS) is 12.3. The summed E-state index contributed by atoms with van der Waals surface area (Å²) < 4.78 is 7.45. The van der Waals surface area contributed by atoms with Crippen molar-refractivity contribution in [1.82, 2.24) is 9.78 Å². The van der Waals surface area contributed by atoms with Gasteiger partial charge in [0.15, 0.2) is 0 Å². The number of aryl methyl sites for hydroxylation is 1. The second-order valence-corrected chi connectivity index (χ2v) is 5.10. The molecule has 0 saturated carbocycles. The van der Waals surface area contributed by atoms with Gasteiger partial charge in [0.05, 0.1) is 12.8 Å². The number of nitrogens with two attached hydrogens (primary N) is 1. The van der Waals surface area contributed by atoms with Crippen molar-refractivity contribution in [2.75, 3.05) is 6.61 Å². The predicted molar refractivity (Wildman–Crippen MR) is 80.7 cm³/mol. The van der Waals surface area contributed by atoms with Gasteiger partial charge in [0.25, 0.3) is 0 Å². The van der Waals surface area contributed by atoms with Crippen molar-refractivity contribution in [2.45, 2.75) is 32.2 Å². The minimum absolute atomic E-state index is 0.0103. The molecule has 2 rings (SSSR count). The van der Waals surface area contributed by atoms with Gasteiger partial charge in [-0.25, -0.2) is 0 Å². The summed E-state index contributed by atoms with van der Waals surface area (Å²) in [5, 5.41) is 4.16. The fourth-order valence-corrected chi connectivity index (χ4v) is 2.09. The summed E-state index contributed by atoms with van der Waals surface area (Å²) >= 11 is 0. The summed E-state index contributed by atoms with van der Waals surface area (Å²) in [4.78, 5) is 0. The Hall–Kier alpha value is -1.81. The molecule has 2 N–H and O–H groups in total. The summed E-state index contributed by atoms with van der Waals surface area (Å²) in [7, 11) is 1.91. The molecule has 20 heavy (non-hydrogen) atoms. The zero-order valence-corrected chi connectivity index (χ0v) is 12.2. The van der Waals surface area contributed by atoms with Gasteiger partial charge in [-0.3, -0.25) is 4.68 Å². The standard InChI is InChI=1S/C16H23N3O/c1-3-4-9-20-15-7-5-14(6-8-15)16(17)10-13-11-18-19(2)12-13/h5-8,11-12,16H,3-4,9-10,17H2,1-2H3. The Balaban J connectivity index is 1.91. The van der Waals surface area contributed by atoms with Crippen LogP contribution in [0, 0.1) is 0 Å². The molecule has 0 aliphatic heterocycles.